The second-order valence-electron chi connectivity index (χ2n) is 2.80. The van der Waals surface area contributed by atoms with Crippen LogP contribution in [0.4, 0.5) is 8.78 Å². The molecule has 0 spiro atoms. The van der Waals surface area contributed by atoms with Gasteiger partial charge in [-0.1, -0.05) is 13.8 Å². The Morgan fingerprint density at radius 2 is 2.00 bits per heavy atom. The summed E-state index contributed by atoms with van der Waals surface area (Å²) in [5, 5.41) is 8.56. The number of aliphatic hydroxyl groups is 1. The van der Waals surface area contributed by atoms with Gasteiger partial charge in [0, 0.05) is 5.75 Å². The van der Waals surface area contributed by atoms with Crippen LogP contribution in [0, 0.1) is 5.92 Å². The molecule has 0 saturated heterocycles. The van der Waals surface area contributed by atoms with Crippen molar-refractivity contribution in [2.75, 3.05) is 5.75 Å². The van der Waals surface area contributed by atoms with Crippen LogP contribution >= 0.6 is 0 Å². The van der Waals surface area contributed by atoms with Crippen molar-refractivity contribution in [2.24, 2.45) is 5.92 Å². The van der Waals surface area contributed by atoms with Gasteiger partial charge in [-0.3, -0.25) is 0 Å². The van der Waals surface area contributed by atoms with Gasteiger partial charge in [0.25, 0.3) is 6.43 Å². The summed E-state index contributed by atoms with van der Waals surface area (Å²) < 4.78 is 36.1. The summed E-state index contributed by atoms with van der Waals surface area (Å²) in [6.07, 6.45) is -4.90. The largest absolute Gasteiger partial charge is 0.372 e. The first-order chi connectivity index (χ1) is 5.43. The molecule has 0 aliphatic rings. The van der Waals surface area contributed by atoms with Crippen LogP contribution in [0.1, 0.15) is 13.8 Å². The van der Waals surface area contributed by atoms with E-state index in [1.54, 1.807) is 0 Å². The van der Waals surface area contributed by atoms with Gasteiger partial charge < -0.3 is 5.11 Å². The van der Waals surface area contributed by atoms with E-state index in [1.165, 1.54) is 0 Å². The van der Waals surface area contributed by atoms with Crippen molar-refractivity contribution in [3.8, 4) is 0 Å². The summed E-state index contributed by atoms with van der Waals surface area (Å²) in [5.41, 5.74) is 0. The van der Waals surface area contributed by atoms with Crippen molar-refractivity contribution in [2.45, 2.75) is 26.5 Å². The van der Waals surface area contributed by atoms with Crippen molar-refractivity contribution < 1.29 is 18.1 Å². The van der Waals surface area contributed by atoms with Crippen molar-refractivity contribution in [1.82, 2.24) is 4.72 Å². The van der Waals surface area contributed by atoms with E-state index in [9.17, 15) is 13.0 Å². The van der Waals surface area contributed by atoms with E-state index in [0.717, 1.165) is 0 Å². The third kappa shape index (κ3) is 5.56. The first-order valence-electron chi connectivity index (χ1n) is 3.54. The van der Waals surface area contributed by atoms with Gasteiger partial charge in [0.15, 0.2) is 6.23 Å². The van der Waals surface area contributed by atoms with E-state index in [1.807, 2.05) is 18.6 Å². The molecular formula is C6H13F2NO2S. The Kier molecular flexibility index (Phi) is 5.52. The fraction of sp³-hybridized carbons (Fsp3) is 1.00. The quantitative estimate of drug-likeness (QED) is 0.636. The minimum atomic E-state index is -2.90. The molecule has 0 bridgehead atoms. The van der Waals surface area contributed by atoms with Crippen LogP contribution in [-0.4, -0.2) is 27.7 Å². The molecule has 2 N–H and O–H groups in total. The molecule has 0 heterocycles. The predicted molar refractivity (Wildman–Crippen MR) is 43.0 cm³/mol. The zero-order valence-electron chi connectivity index (χ0n) is 6.96. The van der Waals surface area contributed by atoms with Gasteiger partial charge >= 0.3 is 0 Å². The fourth-order valence-electron chi connectivity index (χ4n) is 0.537. The lowest BCUT2D eigenvalue weighted by Gasteiger charge is -2.11. The molecule has 74 valence electrons. The third-order valence-electron chi connectivity index (χ3n) is 0.976. The Morgan fingerprint density at radius 1 is 1.50 bits per heavy atom. The number of hydrogen-bond donors (Lipinski definition) is 2. The Bertz CT molecular complexity index is 154. The molecule has 6 heteroatoms. The molecule has 1 unspecified atom stereocenters. The highest BCUT2D eigenvalue weighted by atomic mass is 32.2. The number of halogens is 2. The van der Waals surface area contributed by atoms with E-state index in [2.05, 4.69) is 0 Å². The molecular weight excluding hydrogens is 188 g/mol. The van der Waals surface area contributed by atoms with Gasteiger partial charge in [-0.2, -0.15) is 0 Å². The van der Waals surface area contributed by atoms with Crippen molar-refractivity contribution in [3.05, 3.63) is 0 Å². The summed E-state index contributed by atoms with van der Waals surface area (Å²) in [4.78, 5) is 0. The molecule has 3 nitrogen and oxygen atoms in total. The number of alkyl halides is 2. The van der Waals surface area contributed by atoms with Crippen LogP contribution in [0.5, 0.6) is 0 Å². The average Bonchev–Trinajstić information content (AvgIpc) is 1.84. The van der Waals surface area contributed by atoms with Crippen molar-refractivity contribution in [3.63, 3.8) is 0 Å². The second kappa shape index (κ2) is 5.55. The van der Waals surface area contributed by atoms with Gasteiger partial charge in [0.1, 0.15) is 0 Å². The smallest absolute Gasteiger partial charge is 0.278 e. The summed E-state index contributed by atoms with van der Waals surface area (Å²) in [6.45, 7) is 3.63. The first-order valence-corrected chi connectivity index (χ1v) is 4.86. The van der Waals surface area contributed by atoms with Crippen LogP contribution in [0.2, 0.25) is 0 Å². The molecule has 0 aromatic rings. The highest BCUT2D eigenvalue weighted by Gasteiger charge is 2.18. The lowest BCUT2D eigenvalue weighted by atomic mass is 10.3. The van der Waals surface area contributed by atoms with Crippen LogP contribution < -0.4 is 4.72 Å². The van der Waals surface area contributed by atoms with Crippen LogP contribution in [0.25, 0.3) is 0 Å². The third-order valence-corrected chi connectivity index (χ3v) is 2.45. The lowest BCUT2D eigenvalue weighted by Crippen LogP contribution is -2.38. The van der Waals surface area contributed by atoms with Gasteiger partial charge in [-0.05, 0) is 5.92 Å². The minimum absolute atomic E-state index is 0.142. The molecule has 12 heavy (non-hydrogen) atoms. The summed E-state index contributed by atoms with van der Waals surface area (Å²) in [5.74, 6) is 0.396. The van der Waals surface area contributed by atoms with Crippen LogP contribution in [0.15, 0.2) is 0 Å². The zero-order valence-corrected chi connectivity index (χ0v) is 7.78. The first kappa shape index (κ1) is 11.9. The van der Waals surface area contributed by atoms with E-state index in [4.69, 9.17) is 5.11 Å². The highest BCUT2D eigenvalue weighted by Crippen LogP contribution is 1.99. The number of hydrogen-bond acceptors (Lipinski definition) is 2. The lowest BCUT2D eigenvalue weighted by molar-refractivity contribution is -0.00979. The topological polar surface area (TPSA) is 49.3 Å². The average molecular weight is 201 g/mol. The minimum Gasteiger partial charge on any atom is -0.372 e. The van der Waals surface area contributed by atoms with Gasteiger partial charge in [0.2, 0.25) is 0 Å². The standard InChI is InChI=1S/C6H13F2NO2S/c1-4(2)3-12(11)9-6(10)5(7)8/h4-6,9-10H,3H2,1-2H3/t6?,12-/m0/s1. The van der Waals surface area contributed by atoms with E-state index < -0.39 is 23.6 Å². The Morgan fingerprint density at radius 3 is 2.33 bits per heavy atom. The Hall–Kier alpha value is -0.0700. The number of rotatable bonds is 5. The summed E-state index contributed by atoms with van der Waals surface area (Å²) in [7, 11) is -1.58. The van der Waals surface area contributed by atoms with Crippen LogP contribution in [-0.2, 0) is 11.0 Å². The van der Waals surface area contributed by atoms with E-state index >= 15 is 0 Å². The van der Waals surface area contributed by atoms with Gasteiger partial charge in [-0.25, -0.2) is 17.7 Å². The Balaban J connectivity index is 3.69. The molecule has 0 aromatic heterocycles. The number of aliphatic hydroxyl groups excluding tert-OH is 1. The number of nitrogens with one attached hydrogen (secondary N) is 1. The maximum atomic E-state index is 11.7. The molecule has 0 rings (SSSR count). The summed E-state index contributed by atoms with van der Waals surface area (Å²) in [6, 6.07) is 0. The fourth-order valence-corrected chi connectivity index (χ4v) is 1.61. The van der Waals surface area contributed by atoms with Crippen molar-refractivity contribution in [1.29, 1.82) is 0 Å². The zero-order chi connectivity index (χ0) is 9.72. The van der Waals surface area contributed by atoms with E-state index in [0.29, 0.717) is 0 Å². The molecule has 2 atom stereocenters. The molecule has 0 radical (unpaired) electrons. The summed E-state index contributed by atoms with van der Waals surface area (Å²) >= 11 is 0. The van der Waals surface area contributed by atoms with Crippen molar-refractivity contribution >= 4 is 11.0 Å². The monoisotopic (exact) mass is 201 g/mol. The molecule has 0 fully saturated rings. The normalized spacial score (nSPS) is 16.9. The van der Waals surface area contributed by atoms with Crippen LogP contribution in [0.3, 0.4) is 0 Å². The predicted octanol–water partition coefficient (Wildman–Crippen LogP) is 0.479. The van der Waals surface area contributed by atoms with Gasteiger partial charge in [0.05, 0.1) is 11.0 Å². The molecule has 0 aliphatic heterocycles. The SMILES string of the molecule is CC(C)C[S@](=O)NC(O)C(F)F. The highest BCUT2D eigenvalue weighted by molar-refractivity contribution is 7.83. The van der Waals surface area contributed by atoms with Gasteiger partial charge in [-0.15, -0.1) is 0 Å². The second-order valence-corrected chi connectivity index (χ2v) is 4.06. The molecule has 0 aliphatic carbocycles. The molecule has 0 aromatic carbocycles. The Labute approximate surface area is 72.7 Å². The van der Waals surface area contributed by atoms with E-state index in [-0.39, 0.29) is 11.7 Å². The molecule has 0 saturated carbocycles. The molecule has 0 amide bonds. The maximum Gasteiger partial charge on any atom is 0.278 e. The maximum absolute atomic E-state index is 11.7.